The summed E-state index contributed by atoms with van der Waals surface area (Å²) in [6.07, 6.45) is 0. The molecule has 3 aromatic carbocycles. The van der Waals surface area contributed by atoms with E-state index in [1.54, 1.807) is 36.3 Å². The number of likely N-dealkylation sites (N-methyl/N-ethyl adjacent to an activating group) is 1. The summed E-state index contributed by atoms with van der Waals surface area (Å²) in [5.41, 5.74) is 2.12. The fraction of sp³-hybridized carbons (Fsp3) is 0.174. The van der Waals surface area contributed by atoms with E-state index in [1.807, 2.05) is 67.7 Å². The molecule has 0 bridgehead atoms. The smallest absolute Gasteiger partial charge is 0.261 e. The summed E-state index contributed by atoms with van der Waals surface area (Å²) >= 11 is 0. The molecule has 0 saturated heterocycles. The maximum absolute atomic E-state index is 12.8. The Morgan fingerprint density at radius 3 is 1.78 bits per heavy atom. The molecule has 0 aliphatic heterocycles. The summed E-state index contributed by atoms with van der Waals surface area (Å²) in [5, 5.41) is 0. The van der Waals surface area contributed by atoms with Crippen LogP contribution in [0.4, 0.5) is 0 Å². The third-order valence-electron chi connectivity index (χ3n) is 4.43. The molecule has 0 aromatic heterocycles. The number of nitrogens with zero attached hydrogens (tertiary/aromatic N) is 1. The molecular formula is C23H23NO3. The molecule has 3 rings (SSSR count). The summed E-state index contributed by atoms with van der Waals surface area (Å²) < 4.78 is 10.8. The van der Waals surface area contributed by atoms with Gasteiger partial charge in [0.1, 0.15) is 11.5 Å². The third-order valence-corrected chi connectivity index (χ3v) is 4.43. The first kappa shape index (κ1) is 18.5. The maximum atomic E-state index is 12.8. The Labute approximate surface area is 160 Å². The topological polar surface area (TPSA) is 38.8 Å². The van der Waals surface area contributed by atoms with Crippen LogP contribution in [-0.2, 0) is 4.79 Å². The highest BCUT2D eigenvalue weighted by Gasteiger charge is 2.23. The number of amides is 1. The highest BCUT2D eigenvalue weighted by Crippen LogP contribution is 2.27. The molecule has 0 N–H and O–H groups in total. The van der Waals surface area contributed by atoms with Gasteiger partial charge in [0.25, 0.3) is 5.91 Å². The predicted molar refractivity (Wildman–Crippen MR) is 106 cm³/mol. The summed E-state index contributed by atoms with van der Waals surface area (Å²) in [6, 6.07) is 27.0. The lowest BCUT2D eigenvalue weighted by atomic mass is 9.97. The van der Waals surface area contributed by atoms with Crippen molar-refractivity contribution in [3.8, 4) is 11.5 Å². The van der Waals surface area contributed by atoms with E-state index in [9.17, 15) is 4.79 Å². The van der Waals surface area contributed by atoms with E-state index in [0.717, 1.165) is 16.9 Å². The molecule has 1 amide bonds. The second-order valence-electron chi connectivity index (χ2n) is 6.19. The van der Waals surface area contributed by atoms with Gasteiger partial charge >= 0.3 is 0 Å². The molecule has 0 aliphatic rings. The Morgan fingerprint density at radius 1 is 0.815 bits per heavy atom. The molecule has 0 aliphatic carbocycles. The van der Waals surface area contributed by atoms with E-state index in [-0.39, 0.29) is 18.6 Å². The van der Waals surface area contributed by atoms with Crippen molar-refractivity contribution in [1.29, 1.82) is 0 Å². The van der Waals surface area contributed by atoms with Gasteiger partial charge < -0.3 is 14.4 Å². The second kappa shape index (κ2) is 8.90. The molecule has 0 radical (unpaired) electrons. The van der Waals surface area contributed by atoms with Gasteiger partial charge in [0.2, 0.25) is 0 Å². The van der Waals surface area contributed by atoms with Crippen molar-refractivity contribution in [2.24, 2.45) is 0 Å². The maximum Gasteiger partial charge on any atom is 0.261 e. The zero-order valence-corrected chi connectivity index (χ0v) is 15.5. The minimum Gasteiger partial charge on any atom is -0.497 e. The van der Waals surface area contributed by atoms with E-state index >= 15 is 0 Å². The monoisotopic (exact) mass is 361 g/mol. The molecule has 0 unspecified atom stereocenters. The highest BCUT2D eigenvalue weighted by atomic mass is 16.5. The zero-order chi connectivity index (χ0) is 19.1. The molecule has 3 aromatic rings. The molecule has 4 nitrogen and oxygen atoms in total. The molecule has 0 atom stereocenters. The van der Waals surface area contributed by atoms with Crippen LogP contribution in [0.5, 0.6) is 11.5 Å². The number of carbonyl (C=O) groups excluding carboxylic acids is 1. The van der Waals surface area contributed by atoms with Crippen molar-refractivity contribution < 1.29 is 14.3 Å². The molecule has 0 saturated carbocycles. The van der Waals surface area contributed by atoms with Crippen LogP contribution in [0.25, 0.3) is 0 Å². The molecule has 0 heterocycles. The van der Waals surface area contributed by atoms with Gasteiger partial charge in [-0.2, -0.15) is 0 Å². The quantitative estimate of drug-likeness (QED) is 0.629. The number of methoxy groups -OCH3 is 1. The standard InChI is InChI=1S/C23H23NO3/c1-24(22(25)17-27-21-15-13-20(26-2)14-16-21)23(18-9-5-3-6-10-18)19-11-7-4-8-12-19/h3-16,23H,17H2,1-2H3. The largest absolute Gasteiger partial charge is 0.497 e. The molecule has 4 heteroatoms. The van der Waals surface area contributed by atoms with E-state index in [2.05, 4.69) is 0 Å². The number of benzene rings is 3. The van der Waals surface area contributed by atoms with Crippen molar-refractivity contribution in [3.05, 3.63) is 96.1 Å². The number of hydrogen-bond donors (Lipinski definition) is 0. The summed E-state index contributed by atoms with van der Waals surface area (Å²) in [5.74, 6) is 1.29. The summed E-state index contributed by atoms with van der Waals surface area (Å²) in [7, 11) is 3.42. The lowest BCUT2D eigenvalue weighted by molar-refractivity contribution is -0.133. The molecular weight excluding hydrogens is 338 g/mol. The first-order chi connectivity index (χ1) is 13.2. The van der Waals surface area contributed by atoms with Crippen LogP contribution in [0.2, 0.25) is 0 Å². The normalized spacial score (nSPS) is 10.5. The van der Waals surface area contributed by atoms with Crippen molar-refractivity contribution in [2.75, 3.05) is 20.8 Å². The third kappa shape index (κ3) is 4.67. The number of carbonyl (C=O) groups is 1. The van der Waals surface area contributed by atoms with Crippen molar-refractivity contribution in [2.45, 2.75) is 6.04 Å². The Balaban J connectivity index is 1.75. The van der Waals surface area contributed by atoms with E-state index < -0.39 is 0 Å². The van der Waals surface area contributed by atoms with Crippen molar-refractivity contribution >= 4 is 5.91 Å². The van der Waals surface area contributed by atoms with Crippen LogP contribution in [0.3, 0.4) is 0 Å². The van der Waals surface area contributed by atoms with Gasteiger partial charge in [-0.15, -0.1) is 0 Å². The molecule has 27 heavy (non-hydrogen) atoms. The van der Waals surface area contributed by atoms with Crippen LogP contribution in [0.15, 0.2) is 84.9 Å². The Morgan fingerprint density at radius 2 is 1.30 bits per heavy atom. The number of rotatable bonds is 7. The van der Waals surface area contributed by atoms with E-state index in [0.29, 0.717) is 5.75 Å². The van der Waals surface area contributed by atoms with Gasteiger partial charge in [-0.05, 0) is 35.4 Å². The molecule has 138 valence electrons. The SMILES string of the molecule is COc1ccc(OCC(=O)N(C)C(c2ccccc2)c2ccccc2)cc1. The van der Waals surface area contributed by atoms with E-state index in [4.69, 9.17) is 9.47 Å². The minimum atomic E-state index is -0.167. The van der Waals surface area contributed by atoms with Crippen LogP contribution in [-0.4, -0.2) is 31.6 Å². The summed E-state index contributed by atoms with van der Waals surface area (Å²) in [6.45, 7) is -0.0288. The van der Waals surface area contributed by atoms with Crippen LogP contribution < -0.4 is 9.47 Å². The highest BCUT2D eigenvalue weighted by molar-refractivity contribution is 5.78. The Hall–Kier alpha value is -3.27. The van der Waals surface area contributed by atoms with Gasteiger partial charge in [0.05, 0.1) is 13.2 Å². The Kier molecular flexibility index (Phi) is 6.10. The molecule has 0 spiro atoms. The van der Waals surface area contributed by atoms with Crippen molar-refractivity contribution in [1.82, 2.24) is 4.90 Å². The lowest BCUT2D eigenvalue weighted by Gasteiger charge is -2.29. The Bertz CT molecular complexity index is 808. The summed E-state index contributed by atoms with van der Waals surface area (Å²) in [4.78, 5) is 14.5. The first-order valence-corrected chi connectivity index (χ1v) is 8.81. The molecule has 0 fully saturated rings. The van der Waals surface area contributed by atoms with Crippen molar-refractivity contribution in [3.63, 3.8) is 0 Å². The van der Waals surface area contributed by atoms with Gasteiger partial charge in [0.15, 0.2) is 6.61 Å². The predicted octanol–water partition coefficient (Wildman–Crippen LogP) is 4.32. The fourth-order valence-corrected chi connectivity index (χ4v) is 2.97. The average molecular weight is 361 g/mol. The minimum absolute atomic E-state index is 0.0288. The average Bonchev–Trinajstić information content (AvgIpc) is 2.74. The lowest BCUT2D eigenvalue weighted by Crippen LogP contribution is -2.35. The zero-order valence-electron chi connectivity index (χ0n) is 15.5. The second-order valence-corrected chi connectivity index (χ2v) is 6.19. The van der Waals surface area contributed by atoms with Gasteiger partial charge in [-0.25, -0.2) is 0 Å². The van der Waals surface area contributed by atoms with Gasteiger partial charge in [-0.3, -0.25) is 4.79 Å². The van der Waals surface area contributed by atoms with E-state index in [1.165, 1.54) is 0 Å². The van der Waals surface area contributed by atoms with Crippen LogP contribution in [0, 0.1) is 0 Å². The van der Waals surface area contributed by atoms with Crippen LogP contribution in [0.1, 0.15) is 17.2 Å². The fourth-order valence-electron chi connectivity index (χ4n) is 2.97. The number of ether oxygens (including phenoxy) is 2. The number of hydrogen-bond acceptors (Lipinski definition) is 3. The van der Waals surface area contributed by atoms with Crippen LogP contribution >= 0.6 is 0 Å². The van der Waals surface area contributed by atoms with Gasteiger partial charge in [0, 0.05) is 7.05 Å². The first-order valence-electron chi connectivity index (χ1n) is 8.81. The van der Waals surface area contributed by atoms with Gasteiger partial charge in [-0.1, -0.05) is 60.7 Å².